The molecule has 0 aliphatic heterocycles. The van der Waals surface area contributed by atoms with E-state index in [-0.39, 0.29) is 31.1 Å². The van der Waals surface area contributed by atoms with Gasteiger partial charge < -0.3 is 14.2 Å². The maximum Gasteiger partial charge on any atom is 0.306 e. The summed E-state index contributed by atoms with van der Waals surface area (Å²) in [5.74, 6) is 0.0260. The number of rotatable bonds is 55. The first kappa shape index (κ1) is 64.4. The van der Waals surface area contributed by atoms with E-state index in [4.69, 9.17) is 14.2 Å². The van der Waals surface area contributed by atoms with Crippen LogP contribution >= 0.6 is 0 Å². The average Bonchev–Trinajstić information content (AvgIpc) is 3.30. The maximum absolute atomic E-state index is 12.8. The number of esters is 3. The van der Waals surface area contributed by atoms with Gasteiger partial charge in [0.05, 0.1) is 0 Å². The van der Waals surface area contributed by atoms with Gasteiger partial charge in [0.1, 0.15) is 13.2 Å². The molecule has 0 radical (unpaired) electrons. The first-order chi connectivity index (χ1) is 32.4. The first-order valence-electron chi connectivity index (χ1n) is 29.9. The fourth-order valence-corrected chi connectivity index (χ4v) is 9.28. The van der Waals surface area contributed by atoms with Gasteiger partial charge in [0.15, 0.2) is 6.10 Å². The molecular weight excluding hydrogens is 817 g/mol. The summed E-state index contributed by atoms with van der Waals surface area (Å²) in [7, 11) is 0. The van der Waals surface area contributed by atoms with Gasteiger partial charge in [-0.25, -0.2) is 0 Å². The van der Waals surface area contributed by atoms with E-state index < -0.39 is 6.10 Å². The quantitative estimate of drug-likeness (QED) is 0.0343. The van der Waals surface area contributed by atoms with Crippen LogP contribution in [-0.4, -0.2) is 37.2 Å². The largest absolute Gasteiger partial charge is 0.462 e. The van der Waals surface area contributed by atoms with Crippen LogP contribution in [0.15, 0.2) is 0 Å². The first-order valence-corrected chi connectivity index (χ1v) is 29.9. The van der Waals surface area contributed by atoms with E-state index in [1.807, 2.05) is 0 Å². The molecule has 0 fully saturated rings. The summed E-state index contributed by atoms with van der Waals surface area (Å²) in [4.78, 5) is 38.1. The summed E-state index contributed by atoms with van der Waals surface area (Å²) in [5, 5.41) is 0. The van der Waals surface area contributed by atoms with Crippen LogP contribution in [0.3, 0.4) is 0 Å². The number of hydrogen-bond acceptors (Lipinski definition) is 6. The third kappa shape index (κ3) is 53.4. The highest BCUT2D eigenvalue weighted by molar-refractivity contribution is 5.71. The average molecular weight is 934 g/mol. The lowest BCUT2D eigenvalue weighted by Crippen LogP contribution is -2.30. The molecule has 0 saturated carbocycles. The molecule has 0 aliphatic rings. The predicted molar refractivity (Wildman–Crippen MR) is 284 cm³/mol. The fraction of sp³-hybridized carbons (Fsp3) is 0.950. The van der Waals surface area contributed by atoms with Gasteiger partial charge in [-0.3, -0.25) is 14.4 Å². The topological polar surface area (TPSA) is 78.9 Å². The lowest BCUT2D eigenvalue weighted by molar-refractivity contribution is -0.167. The Morgan fingerprint density at radius 1 is 0.288 bits per heavy atom. The molecule has 0 spiro atoms. The molecule has 1 atom stereocenters. The highest BCUT2D eigenvalue weighted by Gasteiger charge is 2.19. The minimum Gasteiger partial charge on any atom is -0.462 e. The van der Waals surface area contributed by atoms with E-state index in [1.54, 1.807) is 0 Å². The molecule has 0 aromatic rings. The SMILES string of the molecule is CCCCCCCCCCCCCCCCCC(=O)O[C@H](COC(=O)CCCCCCCCCCCCCC)COC(=O)CCCCCCCCCCCCCCCCCCCCC(C)C. The smallest absolute Gasteiger partial charge is 0.306 e. The van der Waals surface area contributed by atoms with Crippen molar-refractivity contribution >= 4 is 17.9 Å². The number of hydrogen-bond donors (Lipinski definition) is 0. The normalized spacial score (nSPS) is 12.0. The van der Waals surface area contributed by atoms with Crippen molar-refractivity contribution in [3.63, 3.8) is 0 Å². The lowest BCUT2D eigenvalue weighted by Gasteiger charge is -2.18. The zero-order chi connectivity index (χ0) is 48.1. The molecule has 0 N–H and O–H groups in total. The maximum atomic E-state index is 12.8. The third-order valence-corrected chi connectivity index (χ3v) is 13.8. The van der Waals surface area contributed by atoms with E-state index in [2.05, 4.69) is 27.7 Å². The molecule has 66 heavy (non-hydrogen) atoms. The van der Waals surface area contributed by atoms with Crippen LogP contribution in [0.4, 0.5) is 0 Å². The Morgan fingerprint density at radius 3 is 0.742 bits per heavy atom. The predicted octanol–water partition coefficient (Wildman–Crippen LogP) is 19.8. The van der Waals surface area contributed by atoms with Gasteiger partial charge in [0, 0.05) is 19.3 Å². The van der Waals surface area contributed by atoms with Gasteiger partial charge in [0.2, 0.25) is 0 Å². The molecule has 0 saturated heterocycles. The number of carbonyl (C=O) groups excluding carboxylic acids is 3. The van der Waals surface area contributed by atoms with Gasteiger partial charge in [-0.05, 0) is 25.2 Å². The molecule has 0 unspecified atom stereocenters. The van der Waals surface area contributed by atoms with E-state index in [0.29, 0.717) is 19.3 Å². The van der Waals surface area contributed by atoms with Gasteiger partial charge in [-0.15, -0.1) is 0 Å². The van der Waals surface area contributed by atoms with Crippen LogP contribution < -0.4 is 0 Å². The second kappa shape index (κ2) is 54.4. The highest BCUT2D eigenvalue weighted by Crippen LogP contribution is 2.18. The van der Waals surface area contributed by atoms with E-state index >= 15 is 0 Å². The third-order valence-electron chi connectivity index (χ3n) is 13.8. The van der Waals surface area contributed by atoms with Gasteiger partial charge in [-0.1, -0.05) is 304 Å². The van der Waals surface area contributed by atoms with Crippen molar-refractivity contribution in [1.82, 2.24) is 0 Å². The van der Waals surface area contributed by atoms with Gasteiger partial charge >= 0.3 is 17.9 Å². The molecule has 0 aliphatic carbocycles. The van der Waals surface area contributed by atoms with E-state index in [1.165, 1.54) is 238 Å². The Balaban J connectivity index is 4.23. The van der Waals surface area contributed by atoms with Crippen molar-refractivity contribution in [3.8, 4) is 0 Å². The van der Waals surface area contributed by atoms with Gasteiger partial charge in [-0.2, -0.15) is 0 Å². The lowest BCUT2D eigenvalue weighted by atomic mass is 10.0. The molecule has 0 bridgehead atoms. The summed E-state index contributed by atoms with van der Waals surface area (Å²) < 4.78 is 16.9. The van der Waals surface area contributed by atoms with Crippen LogP contribution in [0.25, 0.3) is 0 Å². The Bertz CT molecular complexity index is 996. The fourth-order valence-electron chi connectivity index (χ4n) is 9.28. The Kier molecular flexibility index (Phi) is 53.0. The Morgan fingerprint density at radius 2 is 0.500 bits per heavy atom. The number of carbonyl (C=O) groups is 3. The minimum atomic E-state index is -0.761. The van der Waals surface area contributed by atoms with Crippen molar-refractivity contribution in [3.05, 3.63) is 0 Å². The van der Waals surface area contributed by atoms with Crippen LogP contribution in [-0.2, 0) is 28.6 Å². The van der Waals surface area contributed by atoms with Crippen LogP contribution in [0.5, 0.6) is 0 Å². The minimum absolute atomic E-state index is 0.0615. The standard InChI is InChI=1S/C60H116O6/c1-5-7-9-11-13-15-17-19-24-29-33-37-41-45-49-53-60(63)66-57(54-64-58(61)51-47-43-39-35-31-18-16-14-12-10-8-6-2)55-65-59(62)52-48-44-40-36-32-28-26-23-21-20-22-25-27-30-34-38-42-46-50-56(3)4/h56-57H,5-55H2,1-4H3/t57-/m1/s1. The monoisotopic (exact) mass is 933 g/mol. The second-order valence-corrected chi connectivity index (χ2v) is 21.1. The summed E-state index contributed by atoms with van der Waals surface area (Å²) in [6.07, 6.45) is 59.5. The van der Waals surface area contributed by atoms with Crippen LogP contribution in [0.1, 0.15) is 342 Å². The molecule has 0 rings (SSSR count). The van der Waals surface area contributed by atoms with E-state index in [9.17, 15) is 14.4 Å². The molecule has 0 amide bonds. The van der Waals surface area contributed by atoms with Crippen LogP contribution in [0, 0.1) is 5.92 Å². The second-order valence-electron chi connectivity index (χ2n) is 21.1. The van der Waals surface area contributed by atoms with Crippen molar-refractivity contribution in [1.29, 1.82) is 0 Å². The van der Waals surface area contributed by atoms with Crippen molar-refractivity contribution in [2.75, 3.05) is 13.2 Å². The molecule has 6 nitrogen and oxygen atoms in total. The highest BCUT2D eigenvalue weighted by atomic mass is 16.6. The number of ether oxygens (including phenoxy) is 3. The van der Waals surface area contributed by atoms with Crippen LogP contribution in [0.2, 0.25) is 0 Å². The van der Waals surface area contributed by atoms with Crippen molar-refractivity contribution in [2.24, 2.45) is 5.92 Å². The summed E-state index contributed by atoms with van der Waals surface area (Å²) in [6.45, 7) is 9.08. The van der Waals surface area contributed by atoms with E-state index in [0.717, 1.165) is 63.7 Å². The summed E-state index contributed by atoms with van der Waals surface area (Å²) in [6, 6.07) is 0. The summed E-state index contributed by atoms with van der Waals surface area (Å²) >= 11 is 0. The number of unbranched alkanes of at least 4 members (excludes halogenated alkanes) is 42. The Hall–Kier alpha value is -1.59. The Labute approximate surface area is 412 Å². The van der Waals surface area contributed by atoms with Crippen molar-refractivity contribution in [2.45, 2.75) is 348 Å². The summed E-state index contributed by atoms with van der Waals surface area (Å²) in [5.41, 5.74) is 0. The molecular formula is C60H116O6. The van der Waals surface area contributed by atoms with Crippen molar-refractivity contribution < 1.29 is 28.6 Å². The molecule has 6 heteroatoms. The molecule has 392 valence electrons. The van der Waals surface area contributed by atoms with Gasteiger partial charge in [0.25, 0.3) is 0 Å². The zero-order valence-electron chi connectivity index (χ0n) is 45.2. The molecule has 0 aromatic carbocycles. The zero-order valence-corrected chi connectivity index (χ0v) is 45.2. The molecule has 0 aromatic heterocycles. The molecule has 0 heterocycles.